The van der Waals surface area contributed by atoms with Gasteiger partial charge in [0.2, 0.25) is 11.1 Å². The molecule has 0 saturated carbocycles. The molecule has 174 valence electrons. The number of carbonyl (C=O) groups is 1. The van der Waals surface area contributed by atoms with E-state index in [1.54, 1.807) is 36.4 Å². The van der Waals surface area contributed by atoms with Gasteiger partial charge in [0.05, 0.1) is 25.0 Å². The largest absolute Gasteiger partial charge is 0.673 e. The normalized spacial score (nSPS) is 10.4. The minimum absolute atomic E-state index is 0.246. The first kappa shape index (κ1) is 26.7. The van der Waals surface area contributed by atoms with E-state index in [0.717, 1.165) is 25.7 Å². The van der Waals surface area contributed by atoms with Crippen LogP contribution in [0, 0.1) is 5.39 Å². The molecule has 32 heavy (non-hydrogen) atoms. The van der Waals surface area contributed by atoms with Crippen molar-refractivity contribution in [1.29, 1.82) is 5.39 Å². The minimum atomic E-state index is -6.00. The standard InChI is InChI=1S/C21H25N3O3.BF4/c1-3-5-12-26-19-15-18(24-22)20(27-13-6-4-2)14-17(19)23-21(25)16-10-8-7-9-11-16;2-1(3,4)5/h7-11,14-15H,3-6,12-13H2,1-2H3;/q;-1/p+1. The van der Waals surface area contributed by atoms with E-state index in [0.29, 0.717) is 36.0 Å². The Bertz CT molecular complexity index is 884. The Balaban J connectivity index is 0.000000920. The molecule has 0 atom stereocenters. The van der Waals surface area contributed by atoms with Crippen molar-refractivity contribution in [3.05, 3.63) is 53.0 Å². The smallest absolute Gasteiger partial charge is 0.491 e. The van der Waals surface area contributed by atoms with Gasteiger partial charge in [-0.15, -0.1) is 0 Å². The third-order valence-corrected chi connectivity index (χ3v) is 3.96. The van der Waals surface area contributed by atoms with Crippen LogP contribution in [0.15, 0.2) is 42.5 Å². The molecule has 0 aliphatic carbocycles. The average Bonchev–Trinajstić information content (AvgIpc) is 2.74. The minimum Gasteiger partial charge on any atom is -0.491 e. The second kappa shape index (κ2) is 13.9. The third kappa shape index (κ3) is 10.7. The summed E-state index contributed by atoms with van der Waals surface area (Å²) in [7, 11) is -6.00. The van der Waals surface area contributed by atoms with Crippen LogP contribution in [0.5, 0.6) is 11.5 Å². The quantitative estimate of drug-likeness (QED) is 0.180. The van der Waals surface area contributed by atoms with Crippen molar-refractivity contribution in [1.82, 2.24) is 0 Å². The van der Waals surface area contributed by atoms with Gasteiger partial charge in [-0.25, -0.2) is 0 Å². The Labute approximate surface area is 184 Å². The Morgan fingerprint density at radius 3 is 2.00 bits per heavy atom. The van der Waals surface area contributed by atoms with Gasteiger partial charge < -0.3 is 32.1 Å². The molecular weight excluding hydrogens is 429 g/mol. The van der Waals surface area contributed by atoms with Crippen LogP contribution in [-0.4, -0.2) is 26.4 Å². The molecule has 0 unspecified atom stereocenters. The summed E-state index contributed by atoms with van der Waals surface area (Å²) < 4.78 is 50.5. The van der Waals surface area contributed by atoms with E-state index in [-0.39, 0.29) is 11.6 Å². The number of amides is 1. The molecule has 11 heteroatoms. The first-order valence-corrected chi connectivity index (χ1v) is 10.2. The molecule has 0 saturated heterocycles. The number of unbranched alkanes of at least 4 members (excludes halogenated alkanes) is 2. The van der Waals surface area contributed by atoms with E-state index in [9.17, 15) is 27.5 Å². The van der Waals surface area contributed by atoms with Gasteiger partial charge in [0.15, 0.2) is 10.7 Å². The fourth-order valence-corrected chi connectivity index (χ4v) is 2.40. The fourth-order valence-electron chi connectivity index (χ4n) is 2.40. The SMILES string of the molecule is CCCCOc1cc(NC(=O)c2ccccc2)c(OCCCC)cc1[N+]#N.F[B-](F)(F)F. The molecule has 2 rings (SSSR count). The summed E-state index contributed by atoms with van der Waals surface area (Å²) in [6.07, 6.45) is 3.74. The lowest BCUT2D eigenvalue weighted by atomic mass is 10.2. The van der Waals surface area contributed by atoms with Crippen molar-refractivity contribution in [3.8, 4) is 11.5 Å². The molecular formula is C21H26BF4N3O3. The summed E-state index contributed by atoms with van der Waals surface area (Å²) in [5, 5.41) is 12.2. The van der Waals surface area contributed by atoms with Crippen molar-refractivity contribution in [2.75, 3.05) is 18.5 Å². The van der Waals surface area contributed by atoms with Crippen LogP contribution in [0.3, 0.4) is 0 Å². The highest BCUT2D eigenvalue weighted by Crippen LogP contribution is 2.39. The van der Waals surface area contributed by atoms with E-state index in [1.165, 1.54) is 0 Å². The monoisotopic (exact) mass is 455 g/mol. The molecule has 0 aliphatic rings. The molecule has 0 bridgehead atoms. The van der Waals surface area contributed by atoms with Crippen molar-refractivity contribution in [2.45, 2.75) is 39.5 Å². The Kier molecular flexibility index (Phi) is 11.6. The highest BCUT2D eigenvalue weighted by molar-refractivity contribution is 6.50. The van der Waals surface area contributed by atoms with Gasteiger partial charge in [0, 0.05) is 11.6 Å². The molecule has 1 N–H and O–H groups in total. The zero-order valence-corrected chi connectivity index (χ0v) is 18.0. The maximum atomic E-state index is 12.5. The van der Waals surface area contributed by atoms with Crippen LogP contribution < -0.4 is 14.8 Å². The van der Waals surface area contributed by atoms with Gasteiger partial charge in [-0.1, -0.05) is 44.9 Å². The Morgan fingerprint density at radius 1 is 0.969 bits per heavy atom. The molecule has 0 aliphatic heterocycles. The summed E-state index contributed by atoms with van der Waals surface area (Å²) in [6, 6.07) is 12.2. The number of diazo groups is 1. The average molecular weight is 455 g/mol. The van der Waals surface area contributed by atoms with E-state index in [2.05, 4.69) is 24.1 Å². The lowest BCUT2D eigenvalue weighted by Gasteiger charge is -2.13. The van der Waals surface area contributed by atoms with Gasteiger partial charge in [0.25, 0.3) is 5.91 Å². The molecule has 2 aromatic rings. The summed E-state index contributed by atoms with van der Waals surface area (Å²) in [4.78, 5) is 15.8. The Morgan fingerprint density at radius 2 is 1.50 bits per heavy atom. The van der Waals surface area contributed by atoms with Crippen LogP contribution in [0.1, 0.15) is 49.9 Å². The van der Waals surface area contributed by atoms with Crippen molar-refractivity contribution in [2.24, 2.45) is 0 Å². The molecule has 0 spiro atoms. The number of hydrogen-bond donors (Lipinski definition) is 1. The van der Waals surface area contributed by atoms with Gasteiger partial charge >= 0.3 is 12.9 Å². The highest BCUT2D eigenvalue weighted by Gasteiger charge is 2.22. The Hall–Kier alpha value is -3.29. The molecule has 1 amide bonds. The molecule has 2 aromatic carbocycles. The number of benzene rings is 2. The van der Waals surface area contributed by atoms with E-state index >= 15 is 0 Å². The molecule has 0 aromatic heterocycles. The van der Waals surface area contributed by atoms with Crippen molar-refractivity contribution < 1.29 is 31.5 Å². The highest BCUT2D eigenvalue weighted by atomic mass is 19.5. The van der Waals surface area contributed by atoms with Crippen LogP contribution in [-0.2, 0) is 0 Å². The van der Waals surface area contributed by atoms with Crippen LogP contribution >= 0.6 is 0 Å². The van der Waals surface area contributed by atoms with Crippen LogP contribution in [0.2, 0.25) is 0 Å². The lowest BCUT2D eigenvalue weighted by molar-refractivity contribution is 0.102. The lowest BCUT2D eigenvalue weighted by Crippen LogP contribution is -2.13. The molecule has 6 nitrogen and oxygen atoms in total. The predicted octanol–water partition coefficient (Wildman–Crippen LogP) is 7.08. The van der Waals surface area contributed by atoms with Crippen LogP contribution in [0.4, 0.5) is 28.6 Å². The maximum absolute atomic E-state index is 12.5. The predicted molar refractivity (Wildman–Crippen MR) is 117 cm³/mol. The molecule has 0 heterocycles. The maximum Gasteiger partial charge on any atom is 0.673 e. The number of carbonyl (C=O) groups excluding carboxylic acids is 1. The number of hydrogen-bond acceptors (Lipinski definition) is 4. The first-order chi connectivity index (χ1) is 15.2. The number of halogens is 4. The molecule has 0 radical (unpaired) electrons. The number of rotatable bonds is 10. The zero-order chi connectivity index (χ0) is 24.0. The zero-order valence-electron chi connectivity index (χ0n) is 18.0. The fraction of sp³-hybridized carbons (Fsp3) is 0.381. The van der Waals surface area contributed by atoms with E-state index < -0.39 is 7.25 Å². The van der Waals surface area contributed by atoms with E-state index in [4.69, 9.17) is 9.47 Å². The molecule has 0 fully saturated rings. The van der Waals surface area contributed by atoms with Crippen LogP contribution in [0.25, 0.3) is 4.98 Å². The van der Waals surface area contributed by atoms with E-state index in [1.807, 2.05) is 6.07 Å². The van der Waals surface area contributed by atoms with Gasteiger partial charge in [-0.2, -0.15) is 0 Å². The number of anilines is 1. The van der Waals surface area contributed by atoms with Gasteiger partial charge in [-0.05, 0) is 25.0 Å². The first-order valence-electron chi connectivity index (χ1n) is 10.2. The second-order valence-electron chi connectivity index (χ2n) is 6.64. The van der Waals surface area contributed by atoms with Crippen molar-refractivity contribution in [3.63, 3.8) is 0 Å². The summed E-state index contributed by atoms with van der Waals surface area (Å²) in [5.74, 6) is 0.602. The number of nitrogens with zero attached hydrogens (tertiary/aromatic N) is 2. The van der Waals surface area contributed by atoms with Crippen molar-refractivity contribution >= 4 is 24.5 Å². The summed E-state index contributed by atoms with van der Waals surface area (Å²) in [6.45, 7) is 5.14. The number of ether oxygens (including phenoxy) is 2. The summed E-state index contributed by atoms with van der Waals surface area (Å²) in [5.41, 5.74) is 1.30. The summed E-state index contributed by atoms with van der Waals surface area (Å²) >= 11 is 0. The van der Waals surface area contributed by atoms with Gasteiger partial charge in [-0.3, -0.25) is 4.79 Å². The number of nitrogens with one attached hydrogen (secondary N) is 1. The topological polar surface area (TPSA) is 75.7 Å². The second-order valence-corrected chi connectivity index (χ2v) is 6.64. The third-order valence-electron chi connectivity index (χ3n) is 3.96. The van der Waals surface area contributed by atoms with Gasteiger partial charge in [0.1, 0.15) is 0 Å².